The fourth-order valence-corrected chi connectivity index (χ4v) is 3.00. The normalized spacial score (nSPS) is 11.4. The fraction of sp³-hybridized carbons (Fsp3) is 0.0556. The average Bonchev–Trinajstić information content (AvgIpc) is 2.83. The summed E-state index contributed by atoms with van der Waals surface area (Å²) in [6.07, 6.45) is 1.98. The Kier molecular flexibility index (Phi) is 2.91. The summed E-state index contributed by atoms with van der Waals surface area (Å²) < 4.78 is 15.6. The number of pyridine rings is 1. The van der Waals surface area contributed by atoms with Crippen molar-refractivity contribution in [2.24, 2.45) is 7.05 Å². The number of benzene rings is 2. The molecule has 0 unspecified atom stereocenters. The van der Waals surface area contributed by atoms with E-state index in [0.29, 0.717) is 5.02 Å². The molecule has 0 spiro atoms. The molecule has 0 fully saturated rings. The first-order chi connectivity index (χ1) is 10.6. The maximum Gasteiger partial charge on any atom is 0.123 e. The number of hydrogen-bond acceptors (Lipinski definition) is 1. The summed E-state index contributed by atoms with van der Waals surface area (Å²) in [5, 5.41) is 2.54. The van der Waals surface area contributed by atoms with E-state index in [1.54, 1.807) is 12.1 Å². The van der Waals surface area contributed by atoms with E-state index >= 15 is 0 Å². The molecule has 0 N–H and O–H groups in total. The van der Waals surface area contributed by atoms with Crippen molar-refractivity contribution in [3.63, 3.8) is 0 Å². The molecule has 0 saturated carbocycles. The monoisotopic (exact) mass is 310 g/mol. The zero-order valence-electron chi connectivity index (χ0n) is 11.8. The third-order valence-electron chi connectivity index (χ3n) is 3.88. The Morgan fingerprint density at radius 3 is 2.77 bits per heavy atom. The van der Waals surface area contributed by atoms with Crippen LogP contribution in [0.2, 0.25) is 5.02 Å². The Balaban J connectivity index is 1.98. The Hall–Kier alpha value is -2.39. The maximum atomic E-state index is 13.6. The Bertz CT molecular complexity index is 1020. The standard InChI is InChI=1S/C18H12ClFN2/c1-22-10-15(14-9-13(20)4-7-18(14)22)17-5-2-11-8-12(19)3-6-16(11)21-17/h2-10H,1H3. The molecule has 2 aromatic carbocycles. The first-order valence-corrected chi connectivity index (χ1v) is 7.31. The van der Waals surface area contributed by atoms with Gasteiger partial charge in [0.2, 0.25) is 0 Å². The molecule has 0 aliphatic carbocycles. The van der Waals surface area contributed by atoms with Crippen LogP contribution in [0.3, 0.4) is 0 Å². The van der Waals surface area contributed by atoms with Gasteiger partial charge in [0.05, 0.1) is 11.2 Å². The maximum absolute atomic E-state index is 13.6. The quantitative estimate of drug-likeness (QED) is 0.473. The van der Waals surface area contributed by atoms with E-state index in [2.05, 4.69) is 4.98 Å². The highest BCUT2D eigenvalue weighted by Gasteiger charge is 2.11. The highest BCUT2D eigenvalue weighted by atomic mass is 35.5. The predicted molar refractivity (Wildman–Crippen MR) is 88.6 cm³/mol. The van der Waals surface area contributed by atoms with Gasteiger partial charge in [-0.25, -0.2) is 9.37 Å². The molecule has 0 saturated heterocycles. The van der Waals surface area contributed by atoms with Gasteiger partial charge < -0.3 is 4.57 Å². The molecule has 22 heavy (non-hydrogen) atoms. The number of aromatic nitrogens is 2. The highest BCUT2D eigenvalue weighted by molar-refractivity contribution is 6.31. The van der Waals surface area contributed by atoms with Crippen LogP contribution < -0.4 is 0 Å². The highest BCUT2D eigenvalue weighted by Crippen LogP contribution is 2.31. The van der Waals surface area contributed by atoms with Crippen molar-refractivity contribution in [3.05, 3.63) is 65.6 Å². The summed E-state index contributed by atoms with van der Waals surface area (Å²) in [4.78, 5) is 4.69. The van der Waals surface area contributed by atoms with Gasteiger partial charge in [0.15, 0.2) is 0 Å². The van der Waals surface area contributed by atoms with Crippen LogP contribution in [0.1, 0.15) is 0 Å². The number of hydrogen-bond donors (Lipinski definition) is 0. The van der Waals surface area contributed by atoms with Gasteiger partial charge in [0.25, 0.3) is 0 Å². The van der Waals surface area contributed by atoms with Crippen molar-refractivity contribution in [1.82, 2.24) is 9.55 Å². The summed E-state index contributed by atoms with van der Waals surface area (Å²) in [5.41, 5.74) is 3.60. The van der Waals surface area contributed by atoms with E-state index < -0.39 is 0 Å². The van der Waals surface area contributed by atoms with Crippen molar-refractivity contribution >= 4 is 33.4 Å². The molecule has 0 aliphatic heterocycles. The summed E-state index contributed by atoms with van der Waals surface area (Å²) in [6, 6.07) is 14.3. The molecule has 2 heterocycles. The van der Waals surface area contributed by atoms with Crippen LogP contribution in [0.25, 0.3) is 33.1 Å². The molecule has 108 valence electrons. The Morgan fingerprint density at radius 2 is 1.91 bits per heavy atom. The van der Waals surface area contributed by atoms with E-state index in [1.165, 1.54) is 6.07 Å². The van der Waals surface area contributed by atoms with Crippen LogP contribution in [0.4, 0.5) is 4.39 Å². The summed E-state index contributed by atoms with van der Waals surface area (Å²) >= 11 is 6.00. The third kappa shape index (κ3) is 2.06. The van der Waals surface area contributed by atoms with E-state index in [-0.39, 0.29) is 5.82 Å². The van der Waals surface area contributed by atoms with E-state index in [1.807, 2.05) is 48.1 Å². The van der Waals surface area contributed by atoms with Crippen LogP contribution in [0.15, 0.2) is 54.7 Å². The molecule has 4 rings (SSSR count). The molecule has 0 atom stereocenters. The zero-order valence-corrected chi connectivity index (χ0v) is 12.6. The van der Waals surface area contributed by atoms with Gasteiger partial charge in [-0.3, -0.25) is 0 Å². The second kappa shape index (κ2) is 4.82. The zero-order chi connectivity index (χ0) is 15.3. The van der Waals surface area contributed by atoms with Gasteiger partial charge in [-0.1, -0.05) is 17.7 Å². The minimum Gasteiger partial charge on any atom is -0.350 e. The van der Waals surface area contributed by atoms with Gasteiger partial charge in [-0.2, -0.15) is 0 Å². The van der Waals surface area contributed by atoms with E-state index in [9.17, 15) is 4.39 Å². The van der Waals surface area contributed by atoms with E-state index in [4.69, 9.17) is 11.6 Å². The van der Waals surface area contributed by atoms with Gasteiger partial charge in [-0.15, -0.1) is 0 Å². The second-order valence-corrected chi connectivity index (χ2v) is 5.79. The van der Waals surface area contributed by atoms with Gasteiger partial charge >= 0.3 is 0 Å². The minimum atomic E-state index is -0.243. The van der Waals surface area contributed by atoms with Crippen molar-refractivity contribution in [3.8, 4) is 11.3 Å². The van der Waals surface area contributed by atoms with Crippen LogP contribution >= 0.6 is 11.6 Å². The first kappa shape index (κ1) is 13.3. The van der Waals surface area contributed by atoms with Gasteiger partial charge in [0, 0.05) is 40.1 Å². The lowest BCUT2D eigenvalue weighted by atomic mass is 10.1. The topological polar surface area (TPSA) is 17.8 Å². The lowest BCUT2D eigenvalue weighted by Crippen LogP contribution is -1.85. The SMILES string of the molecule is Cn1cc(-c2ccc3cc(Cl)ccc3n2)c2cc(F)ccc21. The smallest absolute Gasteiger partial charge is 0.123 e. The number of rotatable bonds is 1. The lowest BCUT2D eigenvalue weighted by molar-refractivity contribution is 0.629. The molecule has 0 bridgehead atoms. The molecule has 2 nitrogen and oxygen atoms in total. The van der Waals surface area contributed by atoms with Crippen molar-refractivity contribution in [2.75, 3.05) is 0 Å². The number of aryl methyl sites for hydroxylation is 1. The molecule has 0 amide bonds. The van der Waals surface area contributed by atoms with Crippen LogP contribution in [-0.4, -0.2) is 9.55 Å². The molecule has 0 aliphatic rings. The molecule has 0 radical (unpaired) electrons. The third-order valence-corrected chi connectivity index (χ3v) is 4.11. The minimum absolute atomic E-state index is 0.243. The van der Waals surface area contributed by atoms with Crippen LogP contribution in [0, 0.1) is 5.82 Å². The van der Waals surface area contributed by atoms with Crippen LogP contribution in [0.5, 0.6) is 0 Å². The number of halogens is 2. The van der Waals surface area contributed by atoms with Gasteiger partial charge in [-0.05, 0) is 42.5 Å². The first-order valence-electron chi connectivity index (χ1n) is 6.93. The molecule has 2 aromatic heterocycles. The summed E-state index contributed by atoms with van der Waals surface area (Å²) in [6.45, 7) is 0. The van der Waals surface area contributed by atoms with Gasteiger partial charge in [0.1, 0.15) is 5.82 Å². The summed E-state index contributed by atoms with van der Waals surface area (Å²) in [5.74, 6) is -0.243. The molecular formula is C18H12ClFN2. The van der Waals surface area contributed by atoms with Crippen molar-refractivity contribution < 1.29 is 4.39 Å². The largest absolute Gasteiger partial charge is 0.350 e. The van der Waals surface area contributed by atoms with E-state index in [0.717, 1.165) is 33.1 Å². The second-order valence-electron chi connectivity index (χ2n) is 5.35. The average molecular weight is 311 g/mol. The molecular weight excluding hydrogens is 299 g/mol. The van der Waals surface area contributed by atoms with Crippen LogP contribution in [-0.2, 0) is 7.05 Å². The predicted octanol–water partition coefficient (Wildman–Crippen LogP) is 5.19. The fourth-order valence-electron chi connectivity index (χ4n) is 2.81. The molecule has 4 heteroatoms. The number of nitrogens with zero attached hydrogens (tertiary/aromatic N) is 2. The molecule has 4 aromatic rings. The number of fused-ring (bicyclic) bond motifs is 2. The lowest BCUT2D eigenvalue weighted by Gasteiger charge is -2.03. The van der Waals surface area contributed by atoms with Crippen molar-refractivity contribution in [1.29, 1.82) is 0 Å². The summed E-state index contributed by atoms with van der Waals surface area (Å²) in [7, 11) is 1.95. The Labute approximate surface area is 131 Å². The Morgan fingerprint density at radius 1 is 1.05 bits per heavy atom. The van der Waals surface area contributed by atoms with Crippen molar-refractivity contribution in [2.45, 2.75) is 0 Å².